The first-order valence-corrected chi connectivity index (χ1v) is 7.00. The first-order valence-electron chi connectivity index (χ1n) is 7.00. The van der Waals surface area contributed by atoms with Crippen molar-refractivity contribution in [3.8, 4) is 0 Å². The minimum absolute atomic E-state index is 0.0226. The second-order valence-electron chi connectivity index (χ2n) is 5.31. The number of carbonyl (C=O) groups is 2. The zero-order chi connectivity index (χ0) is 14.5. The van der Waals surface area contributed by atoms with Gasteiger partial charge in [-0.25, -0.2) is 0 Å². The monoisotopic (exact) mass is 275 g/mol. The van der Waals surface area contributed by atoms with Crippen LogP contribution in [-0.4, -0.2) is 35.8 Å². The average Bonchev–Trinajstić information content (AvgIpc) is 2.42. The van der Waals surface area contributed by atoms with Crippen molar-refractivity contribution in [2.24, 2.45) is 5.73 Å². The summed E-state index contributed by atoms with van der Waals surface area (Å²) in [6.45, 7) is 3.56. The number of benzene rings is 1. The number of hydrogen-bond acceptors (Lipinski definition) is 3. The normalized spacial score (nSPS) is 19.6. The van der Waals surface area contributed by atoms with Gasteiger partial charge in [-0.1, -0.05) is 6.42 Å². The molecule has 3 N–H and O–H groups in total. The summed E-state index contributed by atoms with van der Waals surface area (Å²) in [5, 5.41) is 2.84. The summed E-state index contributed by atoms with van der Waals surface area (Å²) in [5.41, 5.74) is 6.29. The lowest BCUT2D eigenvalue weighted by Gasteiger charge is -2.32. The summed E-state index contributed by atoms with van der Waals surface area (Å²) >= 11 is 0. The van der Waals surface area contributed by atoms with E-state index in [0.29, 0.717) is 23.8 Å². The number of amides is 2. The molecule has 1 saturated heterocycles. The van der Waals surface area contributed by atoms with Gasteiger partial charge in [-0.2, -0.15) is 0 Å². The van der Waals surface area contributed by atoms with Crippen molar-refractivity contribution in [1.82, 2.24) is 4.90 Å². The summed E-state index contributed by atoms with van der Waals surface area (Å²) in [6.07, 6.45) is 3.55. The van der Waals surface area contributed by atoms with Gasteiger partial charge in [0, 0.05) is 17.3 Å². The number of nitrogens with zero attached hydrogens (tertiary/aromatic N) is 1. The van der Waals surface area contributed by atoms with E-state index < -0.39 is 5.91 Å². The summed E-state index contributed by atoms with van der Waals surface area (Å²) in [5.74, 6) is -0.490. The van der Waals surface area contributed by atoms with E-state index in [-0.39, 0.29) is 5.91 Å². The van der Waals surface area contributed by atoms with E-state index in [1.165, 1.54) is 6.42 Å². The predicted molar refractivity (Wildman–Crippen MR) is 78.5 cm³/mol. The van der Waals surface area contributed by atoms with Crippen LogP contribution in [0.1, 0.15) is 36.5 Å². The Morgan fingerprint density at radius 3 is 2.60 bits per heavy atom. The van der Waals surface area contributed by atoms with Crippen LogP contribution in [0.4, 0.5) is 5.69 Å². The molecule has 0 bridgehead atoms. The van der Waals surface area contributed by atoms with E-state index in [9.17, 15) is 9.59 Å². The fraction of sp³-hybridized carbons (Fsp3) is 0.467. The van der Waals surface area contributed by atoms with Crippen molar-refractivity contribution in [3.63, 3.8) is 0 Å². The molecular formula is C15H21N3O2. The lowest BCUT2D eigenvalue weighted by Crippen LogP contribution is -2.42. The van der Waals surface area contributed by atoms with Crippen LogP contribution in [0.2, 0.25) is 0 Å². The van der Waals surface area contributed by atoms with Crippen molar-refractivity contribution < 1.29 is 9.59 Å². The van der Waals surface area contributed by atoms with Gasteiger partial charge < -0.3 is 11.1 Å². The maximum absolute atomic E-state index is 12.0. The zero-order valence-electron chi connectivity index (χ0n) is 11.8. The molecule has 0 spiro atoms. The minimum atomic E-state index is -0.468. The molecule has 1 aliphatic rings. The van der Waals surface area contributed by atoms with Gasteiger partial charge in [0.1, 0.15) is 0 Å². The highest BCUT2D eigenvalue weighted by molar-refractivity contribution is 5.95. The number of primary amides is 1. The van der Waals surface area contributed by atoms with Gasteiger partial charge in [0.05, 0.1) is 6.54 Å². The average molecular weight is 275 g/mol. The Hall–Kier alpha value is -1.88. The third-order valence-corrected chi connectivity index (χ3v) is 3.74. The van der Waals surface area contributed by atoms with Crippen molar-refractivity contribution in [2.75, 3.05) is 18.4 Å². The fourth-order valence-corrected chi connectivity index (χ4v) is 2.50. The van der Waals surface area contributed by atoms with Crippen LogP contribution in [-0.2, 0) is 4.79 Å². The topological polar surface area (TPSA) is 75.4 Å². The lowest BCUT2D eigenvalue weighted by molar-refractivity contribution is -0.118. The third-order valence-electron chi connectivity index (χ3n) is 3.74. The summed E-state index contributed by atoms with van der Waals surface area (Å²) in [6, 6.07) is 7.07. The first kappa shape index (κ1) is 14.5. The van der Waals surface area contributed by atoms with Gasteiger partial charge in [-0.3, -0.25) is 14.5 Å². The quantitative estimate of drug-likeness (QED) is 0.876. The molecule has 1 atom stereocenters. The van der Waals surface area contributed by atoms with Gasteiger partial charge in [-0.05, 0) is 50.6 Å². The second-order valence-corrected chi connectivity index (χ2v) is 5.31. The molecule has 5 nitrogen and oxygen atoms in total. The molecule has 5 heteroatoms. The maximum atomic E-state index is 12.0. The number of nitrogens with one attached hydrogen (secondary N) is 1. The molecule has 108 valence electrons. The van der Waals surface area contributed by atoms with Crippen LogP contribution in [0.15, 0.2) is 24.3 Å². The fourth-order valence-electron chi connectivity index (χ4n) is 2.50. The van der Waals surface area contributed by atoms with Crippen LogP contribution >= 0.6 is 0 Å². The van der Waals surface area contributed by atoms with E-state index in [1.54, 1.807) is 24.3 Å². The van der Waals surface area contributed by atoms with E-state index in [1.807, 2.05) is 0 Å². The third kappa shape index (κ3) is 3.81. The summed E-state index contributed by atoms with van der Waals surface area (Å²) in [7, 11) is 0. The molecule has 2 amide bonds. The van der Waals surface area contributed by atoms with Crippen LogP contribution in [0.25, 0.3) is 0 Å². The van der Waals surface area contributed by atoms with E-state index in [4.69, 9.17) is 5.73 Å². The molecule has 0 unspecified atom stereocenters. The molecule has 1 heterocycles. The van der Waals surface area contributed by atoms with E-state index >= 15 is 0 Å². The van der Waals surface area contributed by atoms with Gasteiger partial charge in [0.15, 0.2) is 0 Å². The second kappa shape index (κ2) is 6.52. The van der Waals surface area contributed by atoms with Crippen molar-refractivity contribution in [3.05, 3.63) is 29.8 Å². The standard InChI is InChI=1S/C15H21N3O2/c1-11-4-2-3-9-18(11)10-14(19)17-13-7-5-12(6-8-13)15(16)20/h5-8,11H,2-4,9-10H2,1H3,(H2,16,20)(H,17,19)/t11-/m0/s1. The molecule has 1 fully saturated rings. The van der Waals surface area contributed by atoms with E-state index in [2.05, 4.69) is 17.1 Å². The maximum Gasteiger partial charge on any atom is 0.248 e. The SMILES string of the molecule is C[C@H]1CCCCN1CC(=O)Nc1ccc(C(N)=O)cc1. The van der Waals surface area contributed by atoms with Gasteiger partial charge in [0.2, 0.25) is 11.8 Å². The highest BCUT2D eigenvalue weighted by Gasteiger charge is 2.20. The highest BCUT2D eigenvalue weighted by Crippen LogP contribution is 2.16. The molecule has 1 aliphatic heterocycles. The Balaban J connectivity index is 1.89. The minimum Gasteiger partial charge on any atom is -0.366 e. The summed E-state index contributed by atoms with van der Waals surface area (Å²) in [4.78, 5) is 25.2. The number of hydrogen-bond donors (Lipinski definition) is 2. The van der Waals surface area contributed by atoms with Crippen molar-refractivity contribution in [2.45, 2.75) is 32.2 Å². The Labute approximate surface area is 119 Å². The number of piperidine rings is 1. The highest BCUT2D eigenvalue weighted by atomic mass is 16.2. The van der Waals surface area contributed by atoms with Crippen molar-refractivity contribution >= 4 is 17.5 Å². The predicted octanol–water partition coefficient (Wildman–Crippen LogP) is 1.60. The number of likely N-dealkylation sites (tertiary alicyclic amines) is 1. The summed E-state index contributed by atoms with van der Waals surface area (Å²) < 4.78 is 0. The van der Waals surface area contributed by atoms with Crippen LogP contribution in [0.5, 0.6) is 0 Å². The van der Waals surface area contributed by atoms with E-state index in [0.717, 1.165) is 19.4 Å². The first-order chi connectivity index (χ1) is 9.56. The zero-order valence-corrected chi connectivity index (χ0v) is 11.8. The smallest absolute Gasteiger partial charge is 0.248 e. The number of rotatable bonds is 4. The van der Waals surface area contributed by atoms with Crippen LogP contribution in [0.3, 0.4) is 0 Å². The molecule has 20 heavy (non-hydrogen) atoms. The molecular weight excluding hydrogens is 254 g/mol. The van der Waals surface area contributed by atoms with Gasteiger partial charge >= 0.3 is 0 Å². The molecule has 0 radical (unpaired) electrons. The molecule has 0 aliphatic carbocycles. The number of carbonyl (C=O) groups excluding carboxylic acids is 2. The Morgan fingerprint density at radius 1 is 1.30 bits per heavy atom. The molecule has 2 rings (SSSR count). The van der Waals surface area contributed by atoms with Gasteiger partial charge in [-0.15, -0.1) is 0 Å². The largest absolute Gasteiger partial charge is 0.366 e. The molecule has 1 aromatic carbocycles. The molecule has 0 aromatic heterocycles. The number of nitrogens with two attached hydrogens (primary N) is 1. The molecule has 1 aromatic rings. The van der Waals surface area contributed by atoms with Crippen LogP contribution in [0, 0.1) is 0 Å². The molecule has 0 saturated carbocycles. The Morgan fingerprint density at radius 2 is 2.00 bits per heavy atom. The van der Waals surface area contributed by atoms with Crippen LogP contribution < -0.4 is 11.1 Å². The van der Waals surface area contributed by atoms with Gasteiger partial charge in [0.25, 0.3) is 0 Å². The Kier molecular flexibility index (Phi) is 4.74. The Bertz CT molecular complexity index is 484. The van der Waals surface area contributed by atoms with Crippen molar-refractivity contribution in [1.29, 1.82) is 0 Å². The number of anilines is 1. The lowest BCUT2D eigenvalue weighted by atomic mass is 10.0.